The minimum Gasteiger partial charge on any atom is -0.379 e. The first-order valence-corrected chi connectivity index (χ1v) is 9.75. The third-order valence-electron chi connectivity index (χ3n) is 4.08. The predicted molar refractivity (Wildman–Crippen MR) is 95.3 cm³/mol. The minimum absolute atomic E-state index is 0.00837. The molecule has 11 heteroatoms. The fraction of sp³-hybridized carbons (Fsp3) is 0.294. The Morgan fingerprint density at radius 1 is 1.11 bits per heavy atom. The predicted octanol–water partition coefficient (Wildman–Crippen LogP) is 0.786. The summed E-state index contributed by atoms with van der Waals surface area (Å²) in [6.45, 7) is 0.436. The highest BCUT2D eigenvalue weighted by Gasteiger charge is 2.27. The molecule has 1 amide bonds. The van der Waals surface area contributed by atoms with Crippen molar-refractivity contribution >= 4 is 21.6 Å². The van der Waals surface area contributed by atoms with Crippen molar-refractivity contribution in [1.29, 1.82) is 0 Å². The minimum atomic E-state index is -3.84. The molecule has 28 heavy (non-hydrogen) atoms. The highest BCUT2D eigenvalue weighted by atomic mass is 32.2. The molecular weight excluding hydrogens is 396 g/mol. The van der Waals surface area contributed by atoms with Gasteiger partial charge in [-0.05, 0) is 18.2 Å². The van der Waals surface area contributed by atoms with Gasteiger partial charge in [-0.3, -0.25) is 9.59 Å². The number of ether oxygens (including phenoxy) is 1. The van der Waals surface area contributed by atoms with Gasteiger partial charge in [-0.15, -0.1) is 0 Å². The molecule has 1 aromatic carbocycles. The molecule has 1 saturated heterocycles. The lowest BCUT2D eigenvalue weighted by Crippen LogP contribution is -2.41. The monoisotopic (exact) mass is 413 g/mol. The molecule has 2 aromatic rings. The average Bonchev–Trinajstić information content (AvgIpc) is 2.67. The lowest BCUT2D eigenvalue weighted by Gasteiger charge is -2.26. The van der Waals surface area contributed by atoms with Crippen LogP contribution in [0.5, 0.6) is 0 Å². The van der Waals surface area contributed by atoms with Gasteiger partial charge in [0.1, 0.15) is 6.54 Å². The van der Waals surface area contributed by atoms with E-state index in [1.807, 2.05) is 0 Å². The zero-order chi connectivity index (χ0) is 20.3. The number of nitrogens with one attached hydrogen (secondary N) is 1. The van der Waals surface area contributed by atoms with Gasteiger partial charge in [0, 0.05) is 37.1 Å². The number of nitrogens with zero attached hydrogens (tertiary/aromatic N) is 2. The number of hydrogen-bond acceptors (Lipinski definition) is 5. The average molecular weight is 413 g/mol. The van der Waals surface area contributed by atoms with Gasteiger partial charge in [-0.25, -0.2) is 17.2 Å². The molecule has 0 unspecified atom stereocenters. The fourth-order valence-electron chi connectivity index (χ4n) is 2.65. The van der Waals surface area contributed by atoms with Crippen molar-refractivity contribution in [2.75, 3.05) is 31.6 Å². The van der Waals surface area contributed by atoms with Crippen LogP contribution in [-0.4, -0.2) is 49.5 Å². The normalized spacial score (nSPS) is 15.4. The van der Waals surface area contributed by atoms with Gasteiger partial charge in [0.2, 0.25) is 15.9 Å². The number of halogens is 2. The number of amides is 1. The number of rotatable bonds is 5. The van der Waals surface area contributed by atoms with Crippen LogP contribution in [-0.2, 0) is 26.1 Å². The van der Waals surface area contributed by atoms with E-state index in [-0.39, 0.29) is 36.9 Å². The van der Waals surface area contributed by atoms with Gasteiger partial charge in [0.05, 0.1) is 18.1 Å². The smallest absolute Gasteiger partial charge is 0.251 e. The summed E-state index contributed by atoms with van der Waals surface area (Å²) in [5.41, 5.74) is -0.574. The van der Waals surface area contributed by atoms with E-state index >= 15 is 0 Å². The number of carbonyl (C=O) groups is 1. The standard InChI is InChI=1S/C17H17F2N3O5S/c18-14-3-1-12(9-15(14)19)20-16(23)11-21-10-13(2-4-17(21)24)28(25,26)22-5-7-27-8-6-22/h1-4,9-10H,5-8,11H2,(H,20,23). The summed E-state index contributed by atoms with van der Waals surface area (Å²) in [5, 5.41) is 2.33. The van der Waals surface area contributed by atoms with E-state index in [2.05, 4.69) is 5.32 Å². The molecule has 1 fully saturated rings. The summed E-state index contributed by atoms with van der Waals surface area (Å²) < 4.78 is 58.8. The number of pyridine rings is 1. The molecule has 150 valence electrons. The van der Waals surface area contributed by atoms with Gasteiger partial charge >= 0.3 is 0 Å². The summed E-state index contributed by atoms with van der Waals surface area (Å²) in [7, 11) is -3.84. The second-order valence-electron chi connectivity index (χ2n) is 6.02. The zero-order valence-corrected chi connectivity index (χ0v) is 15.4. The summed E-state index contributed by atoms with van der Waals surface area (Å²) in [5.74, 6) is -2.89. The lowest BCUT2D eigenvalue weighted by molar-refractivity contribution is -0.116. The summed E-state index contributed by atoms with van der Waals surface area (Å²) in [6, 6.07) is 5.05. The molecule has 1 aromatic heterocycles. The molecule has 0 spiro atoms. The Hall–Kier alpha value is -2.63. The maximum absolute atomic E-state index is 13.2. The number of carbonyl (C=O) groups excluding carboxylic acids is 1. The summed E-state index contributed by atoms with van der Waals surface area (Å²) in [6.07, 6.45) is 1.08. The van der Waals surface area contributed by atoms with E-state index in [0.717, 1.165) is 29.0 Å². The van der Waals surface area contributed by atoms with Gasteiger partial charge in [-0.2, -0.15) is 4.31 Å². The third kappa shape index (κ3) is 4.43. The fourth-order valence-corrected chi connectivity index (χ4v) is 4.08. The number of hydrogen-bond donors (Lipinski definition) is 1. The molecule has 3 rings (SSSR count). The Bertz CT molecular complexity index is 1050. The van der Waals surface area contributed by atoms with Crippen molar-refractivity contribution in [2.24, 2.45) is 0 Å². The van der Waals surface area contributed by atoms with Gasteiger partial charge in [0.15, 0.2) is 11.6 Å². The summed E-state index contributed by atoms with van der Waals surface area (Å²) >= 11 is 0. The van der Waals surface area contributed by atoms with Gasteiger partial charge in [-0.1, -0.05) is 0 Å². The molecule has 8 nitrogen and oxygen atoms in total. The van der Waals surface area contributed by atoms with Crippen molar-refractivity contribution in [3.63, 3.8) is 0 Å². The molecule has 0 bridgehead atoms. The maximum atomic E-state index is 13.2. The number of morpholine rings is 1. The highest BCUT2D eigenvalue weighted by Crippen LogP contribution is 2.16. The first-order valence-electron chi connectivity index (χ1n) is 8.31. The molecule has 0 saturated carbocycles. The number of aromatic nitrogens is 1. The van der Waals surface area contributed by atoms with E-state index in [4.69, 9.17) is 4.74 Å². The highest BCUT2D eigenvalue weighted by molar-refractivity contribution is 7.89. The quantitative estimate of drug-likeness (QED) is 0.782. The van der Waals surface area contributed by atoms with Crippen molar-refractivity contribution < 1.29 is 26.7 Å². The van der Waals surface area contributed by atoms with Crippen LogP contribution in [0.1, 0.15) is 0 Å². The molecular formula is C17H17F2N3O5S. The van der Waals surface area contributed by atoms with E-state index in [1.165, 1.54) is 16.4 Å². The maximum Gasteiger partial charge on any atom is 0.251 e. The van der Waals surface area contributed by atoms with Crippen molar-refractivity contribution in [3.8, 4) is 0 Å². The Balaban J connectivity index is 1.78. The van der Waals surface area contributed by atoms with Crippen LogP contribution < -0.4 is 10.9 Å². The van der Waals surface area contributed by atoms with E-state index < -0.39 is 39.7 Å². The SMILES string of the molecule is O=C(Cn1cc(S(=O)(=O)N2CCOCC2)ccc1=O)Nc1ccc(F)c(F)c1. The molecule has 0 radical (unpaired) electrons. The van der Waals surface area contributed by atoms with E-state index in [1.54, 1.807) is 0 Å². The molecule has 1 aliphatic heterocycles. The Morgan fingerprint density at radius 2 is 1.82 bits per heavy atom. The Labute approximate surface area is 159 Å². The van der Waals surface area contributed by atoms with Crippen LogP contribution in [0.4, 0.5) is 14.5 Å². The second-order valence-corrected chi connectivity index (χ2v) is 7.96. The molecule has 1 aliphatic rings. The van der Waals surface area contributed by atoms with Crippen LogP contribution in [0, 0.1) is 11.6 Å². The Kier molecular flexibility index (Phi) is 5.87. The van der Waals surface area contributed by atoms with Crippen LogP contribution in [0.25, 0.3) is 0 Å². The topological polar surface area (TPSA) is 97.7 Å². The second kappa shape index (κ2) is 8.17. The number of anilines is 1. The van der Waals surface area contributed by atoms with Gasteiger partial charge < -0.3 is 14.6 Å². The first-order chi connectivity index (χ1) is 13.3. The van der Waals surface area contributed by atoms with Gasteiger partial charge in [0.25, 0.3) is 5.56 Å². The largest absolute Gasteiger partial charge is 0.379 e. The van der Waals surface area contributed by atoms with E-state index in [9.17, 15) is 26.8 Å². The Morgan fingerprint density at radius 3 is 2.50 bits per heavy atom. The van der Waals surface area contributed by atoms with E-state index in [0.29, 0.717) is 0 Å². The lowest BCUT2D eigenvalue weighted by atomic mass is 10.3. The number of benzene rings is 1. The zero-order valence-electron chi connectivity index (χ0n) is 14.6. The summed E-state index contributed by atoms with van der Waals surface area (Å²) in [4.78, 5) is 24.0. The van der Waals surface area contributed by atoms with Crippen LogP contribution in [0.2, 0.25) is 0 Å². The van der Waals surface area contributed by atoms with Crippen LogP contribution >= 0.6 is 0 Å². The van der Waals surface area contributed by atoms with Crippen LogP contribution in [0.3, 0.4) is 0 Å². The first kappa shape index (κ1) is 20.1. The van der Waals surface area contributed by atoms with Crippen LogP contribution in [0.15, 0.2) is 46.2 Å². The molecule has 0 atom stereocenters. The molecule has 2 heterocycles. The van der Waals surface area contributed by atoms with Crippen molar-refractivity contribution in [1.82, 2.24) is 8.87 Å². The number of sulfonamides is 1. The van der Waals surface area contributed by atoms with Crippen molar-refractivity contribution in [3.05, 3.63) is 58.5 Å². The molecule has 1 N–H and O–H groups in total. The molecule has 0 aliphatic carbocycles. The van der Waals surface area contributed by atoms with Crippen molar-refractivity contribution in [2.45, 2.75) is 11.4 Å². The third-order valence-corrected chi connectivity index (χ3v) is 5.96.